The van der Waals surface area contributed by atoms with Crippen LogP contribution < -0.4 is 20.1 Å². The summed E-state index contributed by atoms with van der Waals surface area (Å²) < 4.78 is 51.0. The monoisotopic (exact) mass is 787 g/mol. The lowest BCUT2D eigenvalue weighted by atomic mass is 9.85. The lowest BCUT2D eigenvalue weighted by molar-refractivity contribution is -0.143. The topological polar surface area (TPSA) is 199 Å². The van der Waals surface area contributed by atoms with Crippen molar-refractivity contribution < 1.29 is 51.3 Å². The number of ether oxygens (including phenoxy) is 4. The third-order valence-corrected chi connectivity index (χ3v) is 12.7. The van der Waals surface area contributed by atoms with Crippen molar-refractivity contribution in [3.63, 3.8) is 0 Å². The van der Waals surface area contributed by atoms with Gasteiger partial charge in [-0.25, -0.2) is 18.0 Å². The molecule has 1 saturated heterocycles. The number of nitrogens with one attached hydrogen (secondary N) is 3. The maximum Gasteiger partial charge on any atom is 0.410 e. The summed E-state index contributed by atoms with van der Waals surface area (Å²) in [5, 5.41) is 4.84. The van der Waals surface area contributed by atoms with Crippen molar-refractivity contribution in [2.45, 2.75) is 121 Å². The highest BCUT2D eigenvalue weighted by atomic mass is 32.2. The number of nitrogens with zero attached hydrogens (tertiary/aromatic N) is 2. The van der Waals surface area contributed by atoms with Gasteiger partial charge in [0.05, 0.1) is 30.5 Å². The van der Waals surface area contributed by atoms with Gasteiger partial charge in [-0.15, -0.1) is 0 Å². The second kappa shape index (κ2) is 15.3. The number of rotatable bonds is 6. The van der Waals surface area contributed by atoms with Gasteiger partial charge in [0.2, 0.25) is 21.8 Å². The Hall–Kier alpha value is -4.38. The molecular formula is C38H53N5O11S. The minimum atomic E-state index is -3.90. The summed E-state index contributed by atoms with van der Waals surface area (Å²) in [6.45, 7) is 11.3. The molecule has 3 fully saturated rings. The third kappa shape index (κ3) is 9.03. The van der Waals surface area contributed by atoms with Gasteiger partial charge >= 0.3 is 12.2 Å². The molecule has 5 amide bonds. The van der Waals surface area contributed by atoms with E-state index in [2.05, 4.69) is 15.4 Å². The fraction of sp³-hybridized carbons (Fsp3) is 0.658. The van der Waals surface area contributed by atoms with Crippen LogP contribution in [-0.4, -0.2) is 109 Å². The Labute approximate surface area is 322 Å². The van der Waals surface area contributed by atoms with E-state index in [9.17, 15) is 32.4 Å². The molecule has 302 valence electrons. The highest BCUT2D eigenvalue weighted by Crippen LogP contribution is 2.47. The number of carbonyl (C=O) groups is 5. The number of carbonyl (C=O) groups excluding carboxylic acids is 5. The molecule has 1 aromatic carbocycles. The zero-order valence-corrected chi connectivity index (χ0v) is 33.2. The van der Waals surface area contributed by atoms with Crippen molar-refractivity contribution in [2.75, 3.05) is 26.4 Å². The van der Waals surface area contributed by atoms with E-state index in [4.69, 9.17) is 18.9 Å². The molecule has 4 bridgehead atoms. The highest BCUT2D eigenvalue weighted by molar-refractivity contribution is 7.91. The maximum atomic E-state index is 14.5. The Bertz CT molecular complexity index is 1840. The Morgan fingerprint density at radius 2 is 1.76 bits per heavy atom. The zero-order valence-electron chi connectivity index (χ0n) is 32.3. The van der Waals surface area contributed by atoms with E-state index in [1.165, 1.54) is 9.80 Å². The van der Waals surface area contributed by atoms with Crippen LogP contribution in [0.4, 0.5) is 9.59 Å². The van der Waals surface area contributed by atoms with Crippen LogP contribution in [0.25, 0.3) is 0 Å². The standard InChI is InChI=1S/C38H53N5O11S/c1-7-24-18-38(24,33(46)41-55(49,50)26-13-14-26)40-31(44)28-17-25-20-43(28)32(45)30(36(2,3)4)39-34(47)52-22-37(5,6)53-16-9-8-15-51-29-12-10-11-23-19-42(21-27(23)29)35(48)54-25/h8-12,24-26,28,30H,7,13-22H2,1-6H3,(H,39,47)(H,40,44)(H,41,46)/b9-8+/t24-,25+,28?,30+,38-/m0/s1. The molecule has 3 N–H and O–H groups in total. The van der Waals surface area contributed by atoms with Gasteiger partial charge in [-0.1, -0.05) is 52.3 Å². The molecule has 2 aliphatic carbocycles. The molecule has 55 heavy (non-hydrogen) atoms. The molecule has 2 saturated carbocycles. The lowest BCUT2D eigenvalue weighted by Gasteiger charge is -2.35. The van der Waals surface area contributed by atoms with E-state index < -0.39 is 79.9 Å². The van der Waals surface area contributed by atoms with Crippen molar-refractivity contribution in [1.29, 1.82) is 0 Å². The summed E-state index contributed by atoms with van der Waals surface area (Å²) >= 11 is 0. The SMILES string of the molecule is CC[C@H]1C[C@@]1(NC(=O)C1C[C@@H]2CN1C(=O)[C@H](C(C)(C)C)NC(=O)OCC(C)(C)OC/C=C/COc1cccc3c1CN(C3)C(=O)O2)C(=O)NS(=O)(=O)C1CC1. The summed E-state index contributed by atoms with van der Waals surface area (Å²) in [5.41, 5.74) is -1.50. The summed E-state index contributed by atoms with van der Waals surface area (Å²) in [5.74, 6) is -1.85. The molecule has 0 spiro atoms. The predicted octanol–water partition coefficient (Wildman–Crippen LogP) is 2.89. The Morgan fingerprint density at radius 3 is 2.44 bits per heavy atom. The zero-order chi connectivity index (χ0) is 39.9. The van der Waals surface area contributed by atoms with Gasteiger partial charge < -0.3 is 34.5 Å². The van der Waals surface area contributed by atoms with Crippen LogP contribution >= 0.6 is 0 Å². The summed E-state index contributed by atoms with van der Waals surface area (Å²) in [7, 11) is -3.90. The number of sulfonamides is 1. The minimum absolute atomic E-state index is 0.105. The second-order valence-corrected chi connectivity index (χ2v) is 18.8. The molecule has 0 radical (unpaired) electrons. The van der Waals surface area contributed by atoms with Crippen molar-refractivity contribution in [3.8, 4) is 5.75 Å². The fourth-order valence-corrected chi connectivity index (χ4v) is 8.71. The van der Waals surface area contributed by atoms with E-state index in [0.29, 0.717) is 25.0 Å². The highest BCUT2D eigenvalue weighted by Gasteiger charge is 2.62. The van der Waals surface area contributed by atoms with Gasteiger partial charge in [-0.3, -0.25) is 24.0 Å². The van der Waals surface area contributed by atoms with Crippen molar-refractivity contribution in [1.82, 2.24) is 25.2 Å². The van der Waals surface area contributed by atoms with Crippen LogP contribution in [0, 0.1) is 11.3 Å². The first-order chi connectivity index (χ1) is 25.8. The van der Waals surface area contributed by atoms with Gasteiger partial charge in [-0.2, -0.15) is 0 Å². The third-order valence-electron chi connectivity index (χ3n) is 10.9. The largest absolute Gasteiger partial charge is 0.489 e. The Morgan fingerprint density at radius 1 is 1.04 bits per heavy atom. The molecule has 1 unspecified atom stereocenters. The first-order valence-corrected chi connectivity index (χ1v) is 20.5. The number of hydrogen-bond donors (Lipinski definition) is 3. The summed E-state index contributed by atoms with van der Waals surface area (Å²) in [6, 6.07) is 3.17. The van der Waals surface area contributed by atoms with E-state index in [0.717, 1.165) is 11.1 Å². The smallest absolute Gasteiger partial charge is 0.410 e. The molecule has 6 rings (SSSR count). The molecule has 3 aliphatic heterocycles. The van der Waals surface area contributed by atoms with Crippen molar-refractivity contribution >= 4 is 39.9 Å². The van der Waals surface area contributed by atoms with Gasteiger partial charge in [0.1, 0.15) is 42.7 Å². The molecule has 5 atom stereocenters. The van der Waals surface area contributed by atoms with Crippen LogP contribution in [0.1, 0.15) is 84.8 Å². The molecule has 1 aromatic rings. The summed E-state index contributed by atoms with van der Waals surface area (Å²) in [4.78, 5) is 71.9. The quantitative estimate of drug-likeness (QED) is 0.359. The van der Waals surface area contributed by atoms with Crippen molar-refractivity contribution in [3.05, 3.63) is 41.5 Å². The Kier molecular flexibility index (Phi) is 11.2. The van der Waals surface area contributed by atoms with Crippen LogP contribution in [0.5, 0.6) is 5.75 Å². The molecule has 16 nitrogen and oxygen atoms in total. The van der Waals surface area contributed by atoms with Gasteiger partial charge in [0, 0.05) is 18.5 Å². The number of cyclic esters (lactones) is 1. The fourth-order valence-electron chi connectivity index (χ4n) is 7.35. The average Bonchev–Trinajstić information content (AvgIpc) is 4.00. The maximum absolute atomic E-state index is 14.5. The lowest BCUT2D eigenvalue weighted by Crippen LogP contribution is -2.60. The number of fused-ring (bicyclic) bond motifs is 3. The molecule has 3 heterocycles. The van der Waals surface area contributed by atoms with Crippen LogP contribution in [-0.2, 0) is 51.7 Å². The number of alkyl carbamates (subject to hydrolysis) is 1. The predicted molar refractivity (Wildman–Crippen MR) is 198 cm³/mol. The number of amides is 5. The minimum Gasteiger partial charge on any atom is -0.489 e. The molecule has 17 heteroatoms. The summed E-state index contributed by atoms with van der Waals surface area (Å²) in [6.07, 6.45) is 2.67. The second-order valence-electron chi connectivity index (χ2n) is 16.8. The van der Waals surface area contributed by atoms with Crippen LogP contribution in [0.3, 0.4) is 0 Å². The van der Waals surface area contributed by atoms with E-state index in [1.807, 2.05) is 31.2 Å². The van der Waals surface area contributed by atoms with E-state index in [-0.39, 0.29) is 58.2 Å². The first-order valence-electron chi connectivity index (χ1n) is 18.9. The van der Waals surface area contributed by atoms with Crippen LogP contribution in [0.2, 0.25) is 0 Å². The first kappa shape index (κ1) is 40.3. The molecule has 5 aliphatic rings. The Balaban J connectivity index is 1.27. The normalized spacial score (nSPS) is 29.4. The van der Waals surface area contributed by atoms with Gasteiger partial charge in [0.25, 0.3) is 5.91 Å². The average molecular weight is 788 g/mol. The molecule has 0 aromatic heterocycles. The van der Waals surface area contributed by atoms with Crippen molar-refractivity contribution in [2.24, 2.45) is 11.3 Å². The number of benzene rings is 1. The van der Waals surface area contributed by atoms with Gasteiger partial charge in [-0.05, 0) is 62.1 Å². The molecular weight excluding hydrogens is 735 g/mol. The van der Waals surface area contributed by atoms with Crippen LogP contribution in [0.15, 0.2) is 30.4 Å². The van der Waals surface area contributed by atoms with Gasteiger partial charge in [0.15, 0.2) is 0 Å². The van der Waals surface area contributed by atoms with E-state index in [1.54, 1.807) is 40.7 Å². The van der Waals surface area contributed by atoms with E-state index >= 15 is 0 Å². The number of hydrogen-bond acceptors (Lipinski definition) is 11.